The molecule has 50 valence electrons. The third kappa shape index (κ3) is 30.0. The Morgan fingerprint density at radius 1 is 1.38 bits per heavy atom. The first-order valence-corrected chi connectivity index (χ1v) is 2.47. The second-order valence-electron chi connectivity index (χ2n) is 1.08. The van der Waals surface area contributed by atoms with Gasteiger partial charge in [-0.3, -0.25) is 0 Å². The Morgan fingerprint density at radius 2 is 1.75 bits per heavy atom. The van der Waals surface area contributed by atoms with Crippen LogP contribution in [0.3, 0.4) is 0 Å². The van der Waals surface area contributed by atoms with E-state index in [1.54, 1.807) is 0 Å². The molecule has 0 aliphatic heterocycles. The topological polar surface area (TPSA) is 40.5 Å². The van der Waals surface area contributed by atoms with Crippen molar-refractivity contribution >= 4 is 23.1 Å². The summed E-state index contributed by atoms with van der Waals surface area (Å²) in [4.78, 5) is 0. The van der Waals surface area contributed by atoms with Gasteiger partial charge >= 0.3 is 23.1 Å². The maximum absolute atomic E-state index is 8.07. The molecule has 0 saturated heterocycles. The van der Waals surface area contributed by atoms with Gasteiger partial charge in [0.1, 0.15) is 0 Å². The van der Waals surface area contributed by atoms with E-state index in [-0.39, 0.29) is 25.9 Å². The Balaban J connectivity index is -0.0000000154. The van der Waals surface area contributed by atoms with Crippen LogP contribution in [0.1, 0.15) is 22.6 Å². The molecule has 0 aromatic carbocycles. The number of hydrogen-bond donors (Lipinski definition) is 2. The fourth-order valence-electron chi connectivity index (χ4n) is 0.158. The first kappa shape index (κ1) is 15.9. The minimum Gasteiger partial charge on any atom is -1.00 e. The van der Waals surface area contributed by atoms with Crippen molar-refractivity contribution in [1.29, 1.82) is 0 Å². The van der Waals surface area contributed by atoms with Crippen molar-refractivity contribution in [3.05, 3.63) is 0 Å². The molecular formula is C5H16MgO2. The van der Waals surface area contributed by atoms with Crippen molar-refractivity contribution in [2.75, 3.05) is 13.7 Å². The van der Waals surface area contributed by atoms with Crippen molar-refractivity contribution < 1.29 is 13.1 Å². The van der Waals surface area contributed by atoms with E-state index in [0.29, 0.717) is 6.61 Å². The first-order chi connectivity index (χ1) is 3.41. The Hall–Kier alpha value is 0.686. The van der Waals surface area contributed by atoms with E-state index in [0.717, 1.165) is 20.0 Å². The van der Waals surface area contributed by atoms with Crippen molar-refractivity contribution in [2.45, 2.75) is 19.8 Å². The predicted octanol–water partition coefficient (Wildman–Crippen LogP) is 0.232. The Labute approximate surface area is 70.0 Å². The zero-order chi connectivity index (χ0) is 6.12. The van der Waals surface area contributed by atoms with Gasteiger partial charge in [-0.1, -0.05) is 13.3 Å². The van der Waals surface area contributed by atoms with E-state index in [1.807, 2.05) is 0 Å². The molecule has 0 aliphatic rings. The number of rotatable bonds is 2. The summed E-state index contributed by atoms with van der Waals surface area (Å²) in [7, 11) is 1.00. The molecule has 0 unspecified atom stereocenters. The molecule has 0 fully saturated rings. The van der Waals surface area contributed by atoms with Gasteiger partial charge in [0, 0.05) is 13.7 Å². The largest absolute Gasteiger partial charge is 2.00 e. The van der Waals surface area contributed by atoms with Gasteiger partial charge in [-0.25, -0.2) is 0 Å². The van der Waals surface area contributed by atoms with Gasteiger partial charge in [-0.05, 0) is 6.42 Å². The molecule has 0 saturated carbocycles. The van der Waals surface area contributed by atoms with Crippen LogP contribution >= 0.6 is 0 Å². The van der Waals surface area contributed by atoms with Gasteiger partial charge in [0.2, 0.25) is 0 Å². The summed E-state index contributed by atoms with van der Waals surface area (Å²) in [5.41, 5.74) is 0. The van der Waals surface area contributed by atoms with Crippen LogP contribution in [0.5, 0.6) is 0 Å². The van der Waals surface area contributed by atoms with Crippen LogP contribution in [0.2, 0.25) is 0 Å². The van der Waals surface area contributed by atoms with Crippen LogP contribution in [0.15, 0.2) is 0 Å². The molecular weight excluding hydrogens is 116 g/mol. The van der Waals surface area contributed by atoms with Crippen LogP contribution in [-0.4, -0.2) is 47.0 Å². The van der Waals surface area contributed by atoms with Gasteiger partial charge in [0.05, 0.1) is 0 Å². The van der Waals surface area contributed by atoms with Crippen LogP contribution < -0.4 is 0 Å². The molecule has 0 aromatic rings. The van der Waals surface area contributed by atoms with E-state index in [4.69, 9.17) is 10.2 Å². The van der Waals surface area contributed by atoms with Crippen LogP contribution in [-0.2, 0) is 0 Å². The molecule has 0 heterocycles. The second-order valence-corrected chi connectivity index (χ2v) is 1.08. The molecule has 8 heavy (non-hydrogen) atoms. The summed E-state index contributed by atoms with van der Waals surface area (Å²) in [5.74, 6) is 0. The quantitative estimate of drug-likeness (QED) is 0.528. The molecule has 0 bridgehead atoms. The van der Waals surface area contributed by atoms with Gasteiger partial charge in [0.25, 0.3) is 0 Å². The molecule has 0 spiro atoms. The Kier molecular flexibility index (Phi) is 50.2. The summed E-state index contributed by atoms with van der Waals surface area (Å²) >= 11 is 0. The smallest absolute Gasteiger partial charge is 1.00 e. The molecule has 0 atom stereocenters. The minimum absolute atomic E-state index is 0. The van der Waals surface area contributed by atoms with Crippen LogP contribution in [0.4, 0.5) is 0 Å². The average Bonchev–Trinajstić information content (AvgIpc) is 1.75. The monoisotopic (exact) mass is 132 g/mol. The zero-order valence-corrected chi connectivity index (χ0v) is 7.14. The van der Waals surface area contributed by atoms with E-state index in [1.165, 1.54) is 0 Å². The molecule has 2 nitrogen and oxygen atoms in total. The van der Waals surface area contributed by atoms with E-state index >= 15 is 0 Å². The zero-order valence-electron chi connectivity index (χ0n) is 7.72. The molecule has 0 rings (SSSR count). The van der Waals surface area contributed by atoms with Crippen molar-refractivity contribution in [3.63, 3.8) is 0 Å². The maximum Gasteiger partial charge on any atom is 2.00 e. The van der Waals surface area contributed by atoms with Gasteiger partial charge in [0.15, 0.2) is 0 Å². The fourth-order valence-corrected chi connectivity index (χ4v) is 0.158. The summed E-state index contributed by atoms with van der Waals surface area (Å²) in [6.45, 7) is 2.40. The average molecular weight is 132 g/mol. The van der Waals surface area contributed by atoms with Gasteiger partial charge < -0.3 is 13.1 Å². The maximum atomic E-state index is 8.07. The van der Waals surface area contributed by atoms with Crippen LogP contribution in [0.25, 0.3) is 0 Å². The van der Waals surface area contributed by atoms with E-state index in [9.17, 15) is 0 Å². The predicted molar refractivity (Wildman–Crippen MR) is 38.1 cm³/mol. The molecule has 3 heteroatoms. The molecule has 0 radical (unpaired) electrons. The summed E-state index contributed by atoms with van der Waals surface area (Å²) in [6, 6.07) is 0. The SMILES string of the molecule is CCCCO.CO.[H-].[H-].[Mg+2]. The van der Waals surface area contributed by atoms with E-state index < -0.39 is 0 Å². The number of aliphatic hydroxyl groups excluding tert-OH is 2. The fraction of sp³-hybridized carbons (Fsp3) is 1.00. The number of hydrogen-bond acceptors (Lipinski definition) is 2. The summed E-state index contributed by atoms with van der Waals surface area (Å²) in [5, 5.41) is 15.1. The van der Waals surface area contributed by atoms with Gasteiger partial charge in [-0.15, -0.1) is 0 Å². The molecule has 0 aliphatic carbocycles. The summed E-state index contributed by atoms with van der Waals surface area (Å²) in [6.07, 6.45) is 2.04. The normalized spacial score (nSPS) is 6.00. The molecule has 2 N–H and O–H groups in total. The molecule has 0 amide bonds. The van der Waals surface area contributed by atoms with Gasteiger partial charge in [-0.2, -0.15) is 0 Å². The van der Waals surface area contributed by atoms with Crippen molar-refractivity contribution in [2.24, 2.45) is 0 Å². The molecule has 0 aromatic heterocycles. The number of unbranched alkanes of at least 4 members (excludes halogenated alkanes) is 1. The summed E-state index contributed by atoms with van der Waals surface area (Å²) < 4.78 is 0. The van der Waals surface area contributed by atoms with E-state index in [2.05, 4.69) is 6.92 Å². The third-order valence-electron chi connectivity index (χ3n) is 0.512. The standard InChI is InChI=1S/C4H10O.CH4O.Mg.2H/c1-2-3-4-5;1-2;;;/h5H,2-4H2,1H3;2H,1H3;;;/q;;+2;2*-1. The van der Waals surface area contributed by atoms with Crippen molar-refractivity contribution in [1.82, 2.24) is 0 Å². The van der Waals surface area contributed by atoms with Crippen molar-refractivity contribution in [3.8, 4) is 0 Å². The first-order valence-electron chi connectivity index (χ1n) is 2.47. The number of aliphatic hydroxyl groups is 2. The van der Waals surface area contributed by atoms with Crippen LogP contribution in [0, 0.1) is 0 Å². The third-order valence-corrected chi connectivity index (χ3v) is 0.512. The second kappa shape index (κ2) is 25.3. The Morgan fingerprint density at radius 3 is 1.75 bits per heavy atom. The minimum atomic E-state index is 0. The Bertz CT molecular complexity index is 25.1.